The molecule has 1 atom stereocenters. The topological polar surface area (TPSA) is 66.4 Å². The van der Waals surface area contributed by atoms with Crippen molar-refractivity contribution in [3.8, 4) is 0 Å². The van der Waals surface area contributed by atoms with E-state index < -0.39 is 22.8 Å². The van der Waals surface area contributed by atoms with Gasteiger partial charge >= 0.3 is 5.97 Å². The molecule has 0 bridgehead atoms. The fraction of sp³-hybridized carbons (Fsp3) is 0.182. The quantitative estimate of drug-likeness (QED) is 0.614. The summed E-state index contributed by atoms with van der Waals surface area (Å²) in [5, 5.41) is 11.6. The van der Waals surface area contributed by atoms with E-state index in [0.29, 0.717) is 24.2 Å². The van der Waals surface area contributed by atoms with Gasteiger partial charge in [-0.15, -0.1) is 0 Å². The molecule has 148 valence electrons. The minimum absolute atomic E-state index is 0.0433. The first-order valence-corrected chi connectivity index (χ1v) is 9.95. The van der Waals surface area contributed by atoms with Gasteiger partial charge in [0.05, 0.1) is 0 Å². The summed E-state index contributed by atoms with van der Waals surface area (Å²) in [7, 11) is 0. The van der Waals surface area contributed by atoms with Gasteiger partial charge in [-0.3, -0.25) is 4.79 Å². The Kier molecular flexibility index (Phi) is 5.15. The molecular weight excluding hydrogens is 396 g/mol. The molecule has 2 N–H and O–H groups in total. The summed E-state index contributed by atoms with van der Waals surface area (Å²) >= 11 is 0.617. The molecular formula is C22H17F2NO3S. The van der Waals surface area contributed by atoms with E-state index in [-0.39, 0.29) is 27.6 Å². The fourth-order valence-electron chi connectivity index (χ4n) is 3.80. The standard InChI is InChI=1S/C22H17F2NO3S/c23-16-9-7-13(8-10-16)20(26)25-21-18(22(27)28)17(19(24)29-21)15-6-5-12-3-1-2-4-14(12)11-15/h1-4,7-10,15H,5-6,11H2,(H,25,26)(H,27,28). The van der Waals surface area contributed by atoms with Crippen molar-refractivity contribution >= 4 is 28.2 Å². The van der Waals surface area contributed by atoms with E-state index in [2.05, 4.69) is 5.32 Å². The predicted octanol–water partition coefficient (Wildman–Crippen LogP) is 5.25. The van der Waals surface area contributed by atoms with Crippen LogP contribution in [0.3, 0.4) is 0 Å². The molecule has 3 aromatic rings. The number of carbonyl (C=O) groups excluding carboxylic acids is 1. The number of aryl methyl sites for hydroxylation is 1. The molecule has 4 rings (SSSR count). The van der Waals surface area contributed by atoms with Gasteiger partial charge in [0.15, 0.2) is 5.13 Å². The molecule has 7 heteroatoms. The largest absolute Gasteiger partial charge is 0.478 e. The number of halogens is 2. The van der Waals surface area contributed by atoms with E-state index in [9.17, 15) is 23.5 Å². The Morgan fingerprint density at radius 1 is 1.03 bits per heavy atom. The molecule has 4 nitrogen and oxygen atoms in total. The van der Waals surface area contributed by atoms with E-state index >= 15 is 0 Å². The van der Waals surface area contributed by atoms with E-state index in [1.54, 1.807) is 0 Å². The third-order valence-corrected chi connectivity index (χ3v) is 6.11. The molecule has 29 heavy (non-hydrogen) atoms. The number of fused-ring (bicyclic) bond motifs is 1. The van der Waals surface area contributed by atoms with Crippen LogP contribution in [0.1, 0.15) is 49.7 Å². The smallest absolute Gasteiger partial charge is 0.339 e. The average molecular weight is 413 g/mol. The first kappa shape index (κ1) is 19.3. The minimum Gasteiger partial charge on any atom is -0.478 e. The summed E-state index contributed by atoms with van der Waals surface area (Å²) < 4.78 is 27.9. The highest BCUT2D eigenvalue weighted by molar-refractivity contribution is 7.15. The van der Waals surface area contributed by atoms with Gasteiger partial charge in [-0.25, -0.2) is 9.18 Å². The molecule has 0 aliphatic heterocycles. The number of amides is 1. The molecule has 1 unspecified atom stereocenters. The molecule has 1 aliphatic carbocycles. The zero-order valence-electron chi connectivity index (χ0n) is 15.2. The van der Waals surface area contributed by atoms with Crippen LogP contribution in [-0.4, -0.2) is 17.0 Å². The summed E-state index contributed by atoms with van der Waals surface area (Å²) in [6, 6.07) is 12.7. The Labute approximate surface area is 169 Å². The van der Waals surface area contributed by atoms with E-state index in [1.165, 1.54) is 17.7 Å². The highest BCUT2D eigenvalue weighted by atomic mass is 32.1. The number of rotatable bonds is 4. The summed E-state index contributed by atoms with van der Waals surface area (Å²) in [5.41, 5.74) is 2.38. The Bertz CT molecular complexity index is 1090. The van der Waals surface area contributed by atoms with Gasteiger partial charge in [-0.05, 0) is 60.6 Å². The van der Waals surface area contributed by atoms with Crippen molar-refractivity contribution in [3.63, 3.8) is 0 Å². The summed E-state index contributed by atoms with van der Waals surface area (Å²) in [6.07, 6.45) is 1.93. The van der Waals surface area contributed by atoms with Crippen molar-refractivity contribution in [2.45, 2.75) is 25.2 Å². The van der Waals surface area contributed by atoms with E-state index in [0.717, 1.165) is 24.1 Å². The molecule has 0 saturated carbocycles. The van der Waals surface area contributed by atoms with Crippen LogP contribution in [0.15, 0.2) is 48.5 Å². The highest BCUT2D eigenvalue weighted by Crippen LogP contribution is 2.42. The van der Waals surface area contributed by atoms with Crippen LogP contribution in [-0.2, 0) is 12.8 Å². The number of aromatic carboxylic acids is 1. The monoisotopic (exact) mass is 413 g/mol. The van der Waals surface area contributed by atoms with Crippen LogP contribution in [0.25, 0.3) is 0 Å². The van der Waals surface area contributed by atoms with Crippen LogP contribution in [0.4, 0.5) is 13.8 Å². The molecule has 0 radical (unpaired) electrons. The third kappa shape index (κ3) is 3.78. The average Bonchev–Trinajstić information content (AvgIpc) is 3.04. The maximum atomic E-state index is 14.9. The van der Waals surface area contributed by atoms with Crippen LogP contribution in [0.2, 0.25) is 0 Å². The van der Waals surface area contributed by atoms with Crippen LogP contribution < -0.4 is 5.32 Å². The molecule has 1 aromatic heterocycles. The number of hydrogen-bond acceptors (Lipinski definition) is 3. The predicted molar refractivity (Wildman–Crippen MR) is 107 cm³/mol. The number of carboxylic acids is 1. The van der Waals surface area contributed by atoms with Gasteiger partial charge in [0, 0.05) is 11.1 Å². The van der Waals surface area contributed by atoms with Crippen LogP contribution in [0.5, 0.6) is 0 Å². The van der Waals surface area contributed by atoms with Crippen molar-refractivity contribution in [2.24, 2.45) is 0 Å². The SMILES string of the molecule is O=C(Nc1sc(F)c(C2CCc3ccccc3C2)c1C(=O)O)c1ccc(F)cc1. The highest BCUT2D eigenvalue weighted by Gasteiger charge is 2.32. The second-order valence-corrected chi connectivity index (χ2v) is 7.94. The van der Waals surface area contributed by atoms with Crippen molar-refractivity contribution in [1.82, 2.24) is 0 Å². The number of thiophene rings is 1. The van der Waals surface area contributed by atoms with Gasteiger partial charge in [-0.1, -0.05) is 35.6 Å². The Morgan fingerprint density at radius 2 is 1.72 bits per heavy atom. The Balaban J connectivity index is 1.66. The third-order valence-electron chi connectivity index (χ3n) is 5.20. The van der Waals surface area contributed by atoms with E-state index in [1.807, 2.05) is 24.3 Å². The normalized spacial score (nSPS) is 15.6. The maximum absolute atomic E-state index is 14.9. The maximum Gasteiger partial charge on any atom is 0.339 e. The van der Waals surface area contributed by atoms with Crippen molar-refractivity contribution < 1.29 is 23.5 Å². The molecule has 0 spiro atoms. The van der Waals surface area contributed by atoms with Crippen LogP contribution >= 0.6 is 11.3 Å². The van der Waals surface area contributed by atoms with Gasteiger partial charge in [0.25, 0.3) is 5.91 Å². The number of hydrogen-bond donors (Lipinski definition) is 2. The van der Waals surface area contributed by atoms with Gasteiger partial charge in [0.1, 0.15) is 16.4 Å². The Morgan fingerprint density at radius 3 is 2.41 bits per heavy atom. The second kappa shape index (κ2) is 7.75. The van der Waals surface area contributed by atoms with Crippen LogP contribution in [0, 0.1) is 10.9 Å². The van der Waals surface area contributed by atoms with Gasteiger partial charge in [0.2, 0.25) is 0 Å². The lowest BCUT2D eigenvalue weighted by Crippen LogP contribution is -2.17. The summed E-state index contributed by atoms with van der Waals surface area (Å²) in [6.45, 7) is 0. The number of carboxylic acid groups (broad SMARTS) is 1. The molecule has 1 heterocycles. The van der Waals surface area contributed by atoms with E-state index in [4.69, 9.17) is 0 Å². The van der Waals surface area contributed by atoms with Crippen molar-refractivity contribution in [3.05, 3.63) is 87.3 Å². The summed E-state index contributed by atoms with van der Waals surface area (Å²) in [5.74, 6) is -2.67. The lowest BCUT2D eigenvalue weighted by molar-refractivity contribution is 0.0696. The lowest BCUT2D eigenvalue weighted by Gasteiger charge is -2.24. The number of nitrogens with one attached hydrogen (secondary N) is 1. The van der Waals surface area contributed by atoms with Gasteiger partial charge in [-0.2, -0.15) is 4.39 Å². The zero-order chi connectivity index (χ0) is 20.5. The van der Waals surface area contributed by atoms with Crippen molar-refractivity contribution in [1.29, 1.82) is 0 Å². The number of carbonyl (C=O) groups is 2. The molecule has 2 aromatic carbocycles. The summed E-state index contributed by atoms with van der Waals surface area (Å²) in [4.78, 5) is 24.4. The first-order chi connectivity index (χ1) is 13.9. The first-order valence-electron chi connectivity index (χ1n) is 9.13. The number of anilines is 1. The zero-order valence-corrected chi connectivity index (χ0v) is 16.1. The lowest BCUT2D eigenvalue weighted by atomic mass is 9.79. The molecule has 0 fully saturated rings. The minimum atomic E-state index is -1.28. The molecule has 1 amide bonds. The van der Waals surface area contributed by atoms with Crippen molar-refractivity contribution in [2.75, 3.05) is 5.32 Å². The number of benzene rings is 2. The fourth-order valence-corrected chi connectivity index (χ4v) is 4.80. The molecule has 1 aliphatic rings. The second-order valence-electron chi connectivity index (χ2n) is 6.97. The Hall–Kier alpha value is -3.06. The molecule has 0 saturated heterocycles. The van der Waals surface area contributed by atoms with Gasteiger partial charge < -0.3 is 10.4 Å².